The van der Waals surface area contributed by atoms with Crippen molar-refractivity contribution in [1.82, 2.24) is 10.3 Å². The van der Waals surface area contributed by atoms with Gasteiger partial charge in [0.05, 0.1) is 10.6 Å². The van der Waals surface area contributed by atoms with E-state index >= 15 is 0 Å². The van der Waals surface area contributed by atoms with Crippen molar-refractivity contribution in [2.75, 3.05) is 0 Å². The molecule has 0 radical (unpaired) electrons. The quantitative estimate of drug-likeness (QED) is 0.563. The zero-order valence-electron chi connectivity index (χ0n) is 14.1. The number of carbonyl (C=O) groups excluding carboxylic acids is 1. The summed E-state index contributed by atoms with van der Waals surface area (Å²) in [6, 6.07) is 8.02. The maximum Gasteiger partial charge on any atom is 0.254 e. The van der Waals surface area contributed by atoms with E-state index in [1.54, 1.807) is 30.3 Å². The highest BCUT2D eigenvalue weighted by molar-refractivity contribution is 6.33. The summed E-state index contributed by atoms with van der Waals surface area (Å²) in [6.45, 7) is 0. The van der Waals surface area contributed by atoms with E-state index in [-0.39, 0.29) is 11.5 Å². The Morgan fingerprint density at radius 1 is 1.15 bits per heavy atom. The van der Waals surface area contributed by atoms with Crippen molar-refractivity contribution in [2.45, 2.75) is 38.3 Å². The zero-order valence-corrected chi connectivity index (χ0v) is 15.6. The Morgan fingerprint density at radius 2 is 1.88 bits per heavy atom. The van der Waals surface area contributed by atoms with Gasteiger partial charge in [-0.15, -0.1) is 0 Å². The number of halogens is 2. The van der Waals surface area contributed by atoms with Gasteiger partial charge in [-0.25, -0.2) is 4.98 Å². The first-order chi connectivity index (χ1) is 12.5. The number of aromatic nitrogens is 1. The number of amides is 1. The van der Waals surface area contributed by atoms with Gasteiger partial charge in [0.25, 0.3) is 5.91 Å². The Hall–Kier alpha value is -1.82. The number of aliphatic hydroxyl groups is 1. The van der Waals surface area contributed by atoms with Gasteiger partial charge in [0, 0.05) is 18.2 Å². The minimum absolute atomic E-state index is 0.0878. The third-order valence-electron chi connectivity index (χ3n) is 4.49. The molecule has 0 aliphatic heterocycles. The second-order valence-electron chi connectivity index (χ2n) is 6.37. The summed E-state index contributed by atoms with van der Waals surface area (Å²) in [5, 5.41) is 13.6. The average Bonchev–Trinajstić information content (AvgIpc) is 2.64. The molecular weight excluding hydrogens is 375 g/mol. The van der Waals surface area contributed by atoms with Crippen molar-refractivity contribution in [1.29, 1.82) is 0 Å². The number of carbonyl (C=O) groups is 1. The maximum absolute atomic E-state index is 12.5. The minimum atomic E-state index is -0.873. The number of rotatable bonds is 5. The lowest BCUT2D eigenvalue weighted by atomic mass is 9.88. The van der Waals surface area contributed by atoms with Gasteiger partial charge in [-0.3, -0.25) is 4.79 Å². The van der Waals surface area contributed by atoms with Gasteiger partial charge in [-0.05, 0) is 37.1 Å². The first kappa shape index (κ1) is 19.0. The lowest BCUT2D eigenvalue weighted by Crippen LogP contribution is -2.41. The summed E-state index contributed by atoms with van der Waals surface area (Å²) >= 11 is 12.0. The standard InChI is InChI=1S/C19H20Cl2N2O3/c20-16-7-6-13(26-14-8-9-22-17(21)11-14)10-15(16)19(25)23-18(24)12-4-2-1-3-5-12/h6-12,18,24H,1-5H2,(H,23,25). The van der Waals surface area contributed by atoms with Crippen LogP contribution < -0.4 is 10.1 Å². The van der Waals surface area contributed by atoms with Crippen molar-refractivity contribution < 1.29 is 14.6 Å². The van der Waals surface area contributed by atoms with E-state index in [2.05, 4.69) is 10.3 Å². The molecule has 2 aromatic rings. The molecule has 5 nitrogen and oxygen atoms in total. The number of aliphatic hydroxyl groups excluding tert-OH is 1. The van der Waals surface area contributed by atoms with Gasteiger partial charge in [-0.2, -0.15) is 0 Å². The fourth-order valence-electron chi connectivity index (χ4n) is 3.11. The van der Waals surface area contributed by atoms with Crippen molar-refractivity contribution in [2.24, 2.45) is 5.92 Å². The third-order valence-corrected chi connectivity index (χ3v) is 5.03. The summed E-state index contributed by atoms with van der Waals surface area (Å²) < 4.78 is 5.70. The number of hydrogen-bond donors (Lipinski definition) is 2. The zero-order chi connectivity index (χ0) is 18.5. The van der Waals surface area contributed by atoms with E-state index in [4.69, 9.17) is 27.9 Å². The molecule has 1 amide bonds. The van der Waals surface area contributed by atoms with E-state index in [0.717, 1.165) is 25.7 Å². The van der Waals surface area contributed by atoms with Crippen LogP contribution in [0.1, 0.15) is 42.5 Å². The largest absolute Gasteiger partial charge is 0.457 e. The topological polar surface area (TPSA) is 71.5 Å². The average molecular weight is 395 g/mol. The SMILES string of the molecule is O=C(NC(O)C1CCCCC1)c1cc(Oc2ccnc(Cl)c2)ccc1Cl. The fraction of sp³-hybridized carbons (Fsp3) is 0.368. The summed E-state index contributed by atoms with van der Waals surface area (Å²) in [7, 11) is 0. The monoisotopic (exact) mass is 394 g/mol. The normalized spacial score (nSPS) is 16.1. The summed E-state index contributed by atoms with van der Waals surface area (Å²) in [5.74, 6) is 0.603. The predicted octanol–water partition coefficient (Wildman–Crippen LogP) is 4.81. The van der Waals surface area contributed by atoms with Gasteiger partial charge in [0.2, 0.25) is 0 Å². The van der Waals surface area contributed by atoms with Crippen LogP contribution in [0.25, 0.3) is 0 Å². The van der Waals surface area contributed by atoms with Crippen LogP contribution in [0, 0.1) is 5.92 Å². The Balaban J connectivity index is 1.71. The van der Waals surface area contributed by atoms with Gasteiger partial charge in [-0.1, -0.05) is 42.5 Å². The summed E-state index contributed by atoms with van der Waals surface area (Å²) in [6.07, 6.45) is 5.83. The van der Waals surface area contributed by atoms with Gasteiger partial charge >= 0.3 is 0 Å². The van der Waals surface area contributed by atoms with Crippen molar-refractivity contribution in [3.05, 3.63) is 52.3 Å². The van der Waals surface area contributed by atoms with Crippen LogP contribution in [0.4, 0.5) is 0 Å². The molecule has 1 fully saturated rings. The molecular formula is C19H20Cl2N2O3. The number of pyridine rings is 1. The highest BCUT2D eigenvalue weighted by Crippen LogP contribution is 2.29. The molecule has 1 aliphatic rings. The van der Waals surface area contributed by atoms with E-state index in [0.29, 0.717) is 21.7 Å². The number of nitrogens with zero attached hydrogens (tertiary/aromatic N) is 1. The van der Waals surface area contributed by atoms with E-state index < -0.39 is 12.1 Å². The molecule has 26 heavy (non-hydrogen) atoms. The van der Waals surface area contributed by atoms with Crippen molar-refractivity contribution >= 4 is 29.1 Å². The lowest BCUT2D eigenvalue weighted by Gasteiger charge is -2.27. The Labute approximate surface area is 162 Å². The lowest BCUT2D eigenvalue weighted by molar-refractivity contribution is 0.0463. The first-order valence-corrected chi connectivity index (χ1v) is 9.36. The fourth-order valence-corrected chi connectivity index (χ4v) is 3.47. The van der Waals surface area contributed by atoms with Crippen LogP contribution in [0.5, 0.6) is 11.5 Å². The Bertz CT molecular complexity index is 779. The van der Waals surface area contributed by atoms with Crippen LogP contribution in [-0.4, -0.2) is 22.2 Å². The van der Waals surface area contributed by atoms with Crippen LogP contribution in [-0.2, 0) is 0 Å². The molecule has 3 rings (SSSR count). The number of ether oxygens (including phenoxy) is 1. The molecule has 1 heterocycles. The molecule has 1 aliphatic carbocycles. The van der Waals surface area contributed by atoms with Crippen molar-refractivity contribution in [3.8, 4) is 11.5 Å². The van der Waals surface area contributed by atoms with E-state index in [1.165, 1.54) is 12.6 Å². The molecule has 1 aromatic carbocycles. The van der Waals surface area contributed by atoms with Gasteiger partial charge < -0.3 is 15.2 Å². The molecule has 2 N–H and O–H groups in total. The molecule has 0 bridgehead atoms. The van der Waals surface area contributed by atoms with Crippen LogP contribution in [0.2, 0.25) is 10.2 Å². The molecule has 1 aromatic heterocycles. The third kappa shape index (κ3) is 4.87. The van der Waals surface area contributed by atoms with E-state index in [9.17, 15) is 9.90 Å². The maximum atomic E-state index is 12.5. The molecule has 1 atom stereocenters. The van der Waals surface area contributed by atoms with Crippen LogP contribution in [0.3, 0.4) is 0 Å². The van der Waals surface area contributed by atoms with Crippen molar-refractivity contribution in [3.63, 3.8) is 0 Å². The first-order valence-electron chi connectivity index (χ1n) is 8.61. The number of nitrogens with one attached hydrogen (secondary N) is 1. The highest BCUT2D eigenvalue weighted by Gasteiger charge is 2.24. The summed E-state index contributed by atoms with van der Waals surface area (Å²) in [4.78, 5) is 16.4. The Morgan fingerprint density at radius 3 is 2.62 bits per heavy atom. The van der Waals surface area contributed by atoms with Crippen LogP contribution in [0.15, 0.2) is 36.5 Å². The van der Waals surface area contributed by atoms with Gasteiger partial charge in [0.1, 0.15) is 22.9 Å². The smallest absolute Gasteiger partial charge is 0.254 e. The number of benzene rings is 1. The molecule has 0 saturated heterocycles. The number of hydrogen-bond acceptors (Lipinski definition) is 4. The highest BCUT2D eigenvalue weighted by atomic mass is 35.5. The Kier molecular flexibility index (Phi) is 6.35. The second-order valence-corrected chi connectivity index (χ2v) is 7.17. The molecule has 0 spiro atoms. The predicted molar refractivity (Wildman–Crippen MR) is 101 cm³/mol. The molecule has 1 unspecified atom stereocenters. The molecule has 7 heteroatoms. The molecule has 138 valence electrons. The molecule has 1 saturated carbocycles. The van der Waals surface area contributed by atoms with Gasteiger partial charge in [0.15, 0.2) is 0 Å². The van der Waals surface area contributed by atoms with Crippen LogP contribution >= 0.6 is 23.2 Å². The minimum Gasteiger partial charge on any atom is -0.457 e. The second kappa shape index (κ2) is 8.71. The van der Waals surface area contributed by atoms with E-state index in [1.807, 2.05) is 0 Å². The summed E-state index contributed by atoms with van der Waals surface area (Å²) in [5.41, 5.74) is 0.249.